The summed E-state index contributed by atoms with van der Waals surface area (Å²) in [5, 5.41) is 2.81. The van der Waals surface area contributed by atoms with Gasteiger partial charge in [0.1, 0.15) is 5.82 Å². The third-order valence-corrected chi connectivity index (χ3v) is 0.663. The fourth-order valence-electron chi connectivity index (χ4n) is 0.358. The van der Waals surface area contributed by atoms with Crippen molar-refractivity contribution in [1.29, 1.82) is 0 Å². The number of nitrogens with one attached hydrogen (secondary N) is 1. The van der Waals surface area contributed by atoms with Gasteiger partial charge in [-0.2, -0.15) is 0 Å². The molecule has 9 heavy (non-hydrogen) atoms. The van der Waals surface area contributed by atoms with Gasteiger partial charge >= 0.3 is 0 Å². The van der Waals surface area contributed by atoms with Crippen molar-refractivity contribution in [3.8, 4) is 0 Å². The van der Waals surface area contributed by atoms with Crippen LogP contribution in [0, 0.1) is 0 Å². The van der Waals surface area contributed by atoms with Crippen molar-refractivity contribution in [2.24, 2.45) is 4.99 Å². The van der Waals surface area contributed by atoms with Crippen LogP contribution in [0.4, 0.5) is 0 Å². The maximum absolute atomic E-state index is 3.81. The molecule has 1 aliphatic heterocycles. The lowest BCUT2D eigenvalue weighted by Crippen LogP contribution is -2.03. The monoisotopic (exact) mass is 124 g/mol. The molecule has 1 heterocycles. The first-order valence-corrected chi connectivity index (χ1v) is 3.04. The third-order valence-electron chi connectivity index (χ3n) is 0.663. The van der Waals surface area contributed by atoms with Crippen LogP contribution < -0.4 is 5.32 Å². The van der Waals surface area contributed by atoms with Gasteiger partial charge in [0.05, 0.1) is 0 Å². The second kappa shape index (κ2) is 5.09. The number of hydrogen-bond donors (Lipinski definition) is 1. The highest BCUT2D eigenvalue weighted by Crippen LogP contribution is 1.87. The summed E-state index contributed by atoms with van der Waals surface area (Å²) < 4.78 is 0. The van der Waals surface area contributed by atoms with E-state index in [0.717, 1.165) is 0 Å². The second-order valence-corrected chi connectivity index (χ2v) is 1.23. The molecular formula is C7H12N2. The van der Waals surface area contributed by atoms with E-state index in [1.807, 2.05) is 19.9 Å². The van der Waals surface area contributed by atoms with Crippen molar-refractivity contribution in [1.82, 2.24) is 5.32 Å². The SMILES string of the molecule is C=C1N=CC=CN1.CC. The van der Waals surface area contributed by atoms with E-state index >= 15 is 0 Å². The van der Waals surface area contributed by atoms with Gasteiger partial charge in [0.2, 0.25) is 0 Å². The van der Waals surface area contributed by atoms with Crippen molar-refractivity contribution < 1.29 is 0 Å². The topological polar surface area (TPSA) is 24.4 Å². The van der Waals surface area contributed by atoms with Crippen LogP contribution >= 0.6 is 0 Å². The highest BCUT2D eigenvalue weighted by molar-refractivity contribution is 5.73. The van der Waals surface area contributed by atoms with E-state index in [0.29, 0.717) is 5.82 Å². The van der Waals surface area contributed by atoms with Crippen molar-refractivity contribution in [3.05, 3.63) is 24.7 Å². The van der Waals surface area contributed by atoms with E-state index in [1.165, 1.54) is 0 Å². The van der Waals surface area contributed by atoms with Gasteiger partial charge in [-0.25, -0.2) is 4.99 Å². The van der Waals surface area contributed by atoms with Crippen LogP contribution in [0.5, 0.6) is 0 Å². The van der Waals surface area contributed by atoms with Gasteiger partial charge in [-0.15, -0.1) is 0 Å². The van der Waals surface area contributed by atoms with Crippen LogP contribution in [0.25, 0.3) is 0 Å². The van der Waals surface area contributed by atoms with Gasteiger partial charge < -0.3 is 5.32 Å². The number of nitrogens with zero attached hydrogens (tertiary/aromatic N) is 1. The molecule has 2 nitrogen and oxygen atoms in total. The number of hydrogen-bond acceptors (Lipinski definition) is 2. The first kappa shape index (κ1) is 7.95. The van der Waals surface area contributed by atoms with Crippen LogP contribution in [0.1, 0.15) is 13.8 Å². The number of allylic oxidation sites excluding steroid dienone is 1. The fraction of sp³-hybridized carbons (Fsp3) is 0.286. The number of rotatable bonds is 0. The molecule has 0 aromatic heterocycles. The molecule has 1 aliphatic rings. The average Bonchev–Trinajstić information content (AvgIpc) is 1.94. The Balaban J connectivity index is 0.000000291. The van der Waals surface area contributed by atoms with Crippen LogP contribution in [0.15, 0.2) is 29.7 Å². The lowest BCUT2D eigenvalue weighted by atomic mass is 10.6. The first-order chi connectivity index (χ1) is 4.39. The van der Waals surface area contributed by atoms with E-state index in [9.17, 15) is 0 Å². The predicted octanol–water partition coefficient (Wildman–Crippen LogP) is 1.67. The van der Waals surface area contributed by atoms with Crippen LogP contribution in [0.3, 0.4) is 0 Å². The van der Waals surface area contributed by atoms with Gasteiger partial charge in [0, 0.05) is 12.4 Å². The minimum atomic E-state index is 0.697. The molecule has 50 valence electrons. The molecule has 2 heteroatoms. The van der Waals surface area contributed by atoms with Crippen LogP contribution in [-0.4, -0.2) is 6.21 Å². The molecule has 0 saturated carbocycles. The minimum Gasteiger partial charge on any atom is -0.347 e. The van der Waals surface area contributed by atoms with Crippen LogP contribution in [0.2, 0.25) is 0 Å². The summed E-state index contributed by atoms with van der Waals surface area (Å²) in [5.74, 6) is 0.697. The second-order valence-electron chi connectivity index (χ2n) is 1.23. The molecular weight excluding hydrogens is 112 g/mol. The summed E-state index contributed by atoms with van der Waals surface area (Å²) >= 11 is 0. The first-order valence-electron chi connectivity index (χ1n) is 3.04. The zero-order valence-electron chi connectivity index (χ0n) is 5.89. The Morgan fingerprint density at radius 3 is 2.44 bits per heavy atom. The summed E-state index contributed by atoms with van der Waals surface area (Å²) in [6.07, 6.45) is 5.29. The molecule has 0 aromatic carbocycles. The lowest BCUT2D eigenvalue weighted by Gasteiger charge is -1.98. The Labute approximate surface area is 56.0 Å². The Bertz CT molecular complexity index is 134. The van der Waals surface area contributed by atoms with Gasteiger partial charge in [-0.05, 0) is 6.08 Å². The molecule has 0 radical (unpaired) electrons. The van der Waals surface area contributed by atoms with Crippen molar-refractivity contribution >= 4 is 6.21 Å². The normalized spacial score (nSPS) is 13.8. The minimum absolute atomic E-state index is 0.697. The summed E-state index contributed by atoms with van der Waals surface area (Å²) in [5.41, 5.74) is 0. The highest BCUT2D eigenvalue weighted by Gasteiger charge is 1.83. The van der Waals surface area contributed by atoms with Crippen molar-refractivity contribution in [3.63, 3.8) is 0 Å². The summed E-state index contributed by atoms with van der Waals surface area (Å²) in [7, 11) is 0. The van der Waals surface area contributed by atoms with Crippen molar-refractivity contribution in [2.45, 2.75) is 13.8 Å². The molecule has 1 N–H and O–H groups in total. The summed E-state index contributed by atoms with van der Waals surface area (Å²) in [6, 6.07) is 0. The molecule has 0 unspecified atom stereocenters. The van der Waals surface area contributed by atoms with Crippen LogP contribution in [-0.2, 0) is 0 Å². The van der Waals surface area contributed by atoms with Gasteiger partial charge in [0.25, 0.3) is 0 Å². The molecule has 0 amide bonds. The van der Waals surface area contributed by atoms with Gasteiger partial charge in [-0.3, -0.25) is 0 Å². The Morgan fingerprint density at radius 2 is 2.22 bits per heavy atom. The third kappa shape index (κ3) is 3.53. The fourth-order valence-corrected chi connectivity index (χ4v) is 0.358. The standard InChI is InChI=1S/C5H6N2.C2H6/c1-5-6-3-2-4-7-5;1-2/h2-4,6H,1H2;1-2H3. The Kier molecular flexibility index (Phi) is 4.50. The molecule has 1 rings (SSSR count). The average molecular weight is 124 g/mol. The molecule has 0 aromatic rings. The van der Waals surface area contributed by atoms with E-state index in [4.69, 9.17) is 0 Å². The van der Waals surface area contributed by atoms with Gasteiger partial charge in [-0.1, -0.05) is 20.4 Å². The quantitative estimate of drug-likeness (QED) is 0.522. The van der Waals surface area contributed by atoms with E-state index < -0.39 is 0 Å². The molecule has 0 fully saturated rings. The van der Waals surface area contributed by atoms with E-state index in [2.05, 4.69) is 16.9 Å². The maximum Gasteiger partial charge on any atom is 0.122 e. The molecule has 0 spiro atoms. The predicted molar refractivity (Wildman–Crippen MR) is 41.3 cm³/mol. The Hall–Kier alpha value is -1.05. The van der Waals surface area contributed by atoms with E-state index in [-0.39, 0.29) is 0 Å². The largest absolute Gasteiger partial charge is 0.347 e. The molecule has 0 atom stereocenters. The lowest BCUT2D eigenvalue weighted by molar-refractivity contribution is 1.03. The van der Waals surface area contributed by atoms with Crippen molar-refractivity contribution in [2.75, 3.05) is 0 Å². The zero-order valence-corrected chi connectivity index (χ0v) is 5.89. The zero-order chi connectivity index (χ0) is 7.11. The Morgan fingerprint density at radius 1 is 1.56 bits per heavy atom. The van der Waals surface area contributed by atoms with Gasteiger partial charge in [0.15, 0.2) is 0 Å². The smallest absolute Gasteiger partial charge is 0.122 e. The molecule has 0 bridgehead atoms. The van der Waals surface area contributed by atoms with E-state index in [1.54, 1.807) is 12.4 Å². The molecule has 0 saturated heterocycles. The molecule has 0 aliphatic carbocycles. The maximum atomic E-state index is 3.81. The summed E-state index contributed by atoms with van der Waals surface area (Å²) in [6.45, 7) is 7.55. The highest BCUT2D eigenvalue weighted by atomic mass is 15.0. The summed E-state index contributed by atoms with van der Waals surface area (Å²) in [4.78, 5) is 3.81. The number of aliphatic imine (C=N–C) groups is 1.